The first kappa shape index (κ1) is 22.6. The molecule has 8 nitrogen and oxygen atoms in total. The zero-order valence-electron chi connectivity index (χ0n) is 16.7. The Bertz CT molecular complexity index is 1080. The van der Waals surface area contributed by atoms with Gasteiger partial charge in [-0.05, 0) is 55.4 Å². The molecule has 1 fully saturated rings. The van der Waals surface area contributed by atoms with Gasteiger partial charge in [-0.1, -0.05) is 35.5 Å². The number of hydrogen-bond donors (Lipinski definition) is 0. The van der Waals surface area contributed by atoms with E-state index in [1.54, 1.807) is 19.1 Å². The van der Waals surface area contributed by atoms with Crippen LogP contribution in [0.15, 0.2) is 57.2 Å². The molecule has 2 aromatic rings. The summed E-state index contributed by atoms with van der Waals surface area (Å²) in [7, 11) is 0. The number of carbonyl (C=O) groups excluding carboxylic acids is 3. The molecule has 160 valence electrons. The quantitative estimate of drug-likeness (QED) is 0.255. The van der Waals surface area contributed by atoms with Crippen LogP contribution in [0.2, 0.25) is 0 Å². The van der Waals surface area contributed by atoms with E-state index in [0.29, 0.717) is 22.2 Å². The van der Waals surface area contributed by atoms with Crippen LogP contribution in [-0.4, -0.2) is 40.1 Å². The Morgan fingerprint density at radius 2 is 1.94 bits per heavy atom. The molecule has 1 aliphatic heterocycles. The maximum Gasteiger partial charge on any atom is 0.326 e. The van der Waals surface area contributed by atoms with E-state index in [2.05, 4.69) is 0 Å². The lowest BCUT2D eigenvalue weighted by atomic mass is 10.2. The second-order valence-electron chi connectivity index (χ2n) is 6.47. The number of ether oxygens (including phenoxy) is 1. The van der Waals surface area contributed by atoms with E-state index < -0.39 is 28.6 Å². The lowest BCUT2D eigenvalue weighted by Gasteiger charge is -2.10. The topological polar surface area (TPSA) is 107 Å². The maximum atomic E-state index is 12.5. The fourth-order valence-corrected chi connectivity index (χ4v) is 4.45. The summed E-state index contributed by atoms with van der Waals surface area (Å²) in [6, 6.07) is 12.2. The van der Waals surface area contributed by atoms with Crippen molar-refractivity contribution in [1.82, 2.24) is 4.90 Å². The van der Waals surface area contributed by atoms with E-state index in [0.717, 1.165) is 15.4 Å². The van der Waals surface area contributed by atoms with Crippen LogP contribution in [-0.2, 0) is 14.3 Å². The minimum absolute atomic E-state index is 0.0857. The molecular weight excluding hydrogens is 440 g/mol. The monoisotopic (exact) mass is 458 g/mol. The van der Waals surface area contributed by atoms with Gasteiger partial charge in [-0.2, -0.15) is 0 Å². The van der Waals surface area contributed by atoms with Gasteiger partial charge in [0.2, 0.25) is 0 Å². The van der Waals surface area contributed by atoms with Crippen LogP contribution < -0.4 is 0 Å². The molecule has 3 rings (SSSR count). The normalized spacial score (nSPS) is 14.9. The van der Waals surface area contributed by atoms with Crippen LogP contribution in [0.4, 0.5) is 10.5 Å². The number of nitro groups is 1. The standard InChI is InChI=1S/C21H18N2O6S2/c1-3-29-19(24)12-22-20(25)18(31-21(22)26)11-14-6-9-17(16(10-14)23(27)28)30-15-7-4-13(2)5-8-15/h4-11H,3,12H2,1-2H3/b18-11-. The summed E-state index contributed by atoms with van der Waals surface area (Å²) in [4.78, 5) is 49.5. The van der Waals surface area contributed by atoms with Gasteiger partial charge in [0.1, 0.15) is 6.54 Å². The predicted molar refractivity (Wildman–Crippen MR) is 118 cm³/mol. The highest BCUT2D eigenvalue weighted by atomic mass is 32.2. The number of nitrogens with zero attached hydrogens (tertiary/aromatic N) is 2. The summed E-state index contributed by atoms with van der Waals surface area (Å²) in [5.74, 6) is -1.32. The van der Waals surface area contributed by atoms with Crippen LogP contribution in [0.5, 0.6) is 0 Å². The first-order valence-electron chi connectivity index (χ1n) is 9.22. The van der Waals surface area contributed by atoms with Gasteiger partial charge in [-0.25, -0.2) is 0 Å². The highest BCUT2D eigenvalue weighted by Crippen LogP contribution is 2.37. The Morgan fingerprint density at radius 1 is 1.23 bits per heavy atom. The minimum Gasteiger partial charge on any atom is -0.465 e. The van der Waals surface area contributed by atoms with Crippen molar-refractivity contribution in [1.29, 1.82) is 0 Å². The van der Waals surface area contributed by atoms with Crippen molar-refractivity contribution < 1.29 is 24.0 Å². The van der Waals surface area contributed by atoms with Crippen LogP contribution in [0.1, 0.15) is 18.1 Å². The minimum atomic E-state index is -0.681. The Morgan fingerprint density at radius 3 is 2.58 bits per heavy atom. The highest BCUT2D eigenvalue weighted by Gasteiger charge is 2.36. The van der Waals surface area contributed by atoms with Gasteiger partial charge >= 0.3 is 5.97 Å². The fraction of sp³-hybridized carbons (Fsp3) is 0.190. The molecule has 2 amide bonds. The van der Waals surface area contributed by atoms with Crippen molar-refractivity contribution >= 4 is 52.4 Å². The first-order chi connectivity index (χ1) is 14.8. The summed E-state index contributed by atoms with van der Waals surface area (Å²) in [6.45, 7) is 3.25. The van der Waals surface area contributed by atoms with E-state index in [1.165, 1.54) is 23.9 Å². The molecule has 0 atom stereocenters. The Labute approximate surface area is 186 Å². The number of benzene rings is 2. The number of nitro benzene ring substituents is 1. The number of rotatable bonds is 7. The number of hydrogen-bond acceptors (Lipinski definition) is 8. The fourth-order valence-electron chi connectivity index (χ4n) is 2.71. The zero-order valence-corrected chi connectivity index (χ0v) is 18.3. The molecule has 0 unspecified atom stereocenters. The summed E-state index contributed by atoms with van der Waals surface area (Å²) in [5.41, 5.74) is 1.39. The van der Waals surface area contributed by atoms with E-state index >= 15 is 0 Å². The van der Waals surface area contributed by atoms with E-state index in [4.69, 9.17) is 4.74 Å². The molecule has 1 saturated heterocycles. The SMILES string of the molecule is CCOC(=O)CN1C(=O)S/C(=C\c2ccc(Sc3ccc(C)cc3)c([N+](=O)[O-])c2)C1=O. The van der Waals surface area contributed by atoms with Crippen molar-refractivity contribution in [3.63, 3.8) is 0 Å². The van der Waals surface area contributed by atoms with E-state index in [-0.39, 0.29) is 17.2 Å². The van der Waals surface area contributed by atoms with E-state index in [1.807, 2.05) is 31.2 Å². The molecule has 0 saturated carbocycles. The second-order valence-corrected chi connectivity index (χ2v) is 8.58. The molecule has 1 aliphatic rings. The summed E-state index contributed by atoms with van der Waals surface area (Å²) in [6.07, 6.45) is 1.41. The Kier molecular flexibility index (Phi) is 7.13. The number of thioether (sulfide) groups is 1. The van der Waals surface area contributed by atoms with Gasteiger partial charge in [0.05, 0.1) is 21.3 Å². The zero-order chi connectivity index (χ0) is 22.5. The molecule has 2 aromatic carbocycles. The molecule has 0 bridgehead atoms. The predicted octanol–water partition coefficient (Wildman–Crippen LogP) is 4.65. The van der Waals surface area contributed by atoms with Crippen LogP contribution >= 0.6 is 23.5 Å². The van der Waals surface area contributed by atoms with Gasteiger partial charge in [-0.3, -0.25) is 29.4 Å². The van der Waals surface area contributed by atoms with Gasteiger partial charge < -0.3 is 4.74 Å². The average molecular weight is 459 g/mol. The Hall–Kier alpha value is -3.11. The lowest BCUT2D eigenvalue weighted by molar-refractivity contribution is -0.387. The van der Waals surface area contributed by atoms with Crippen molar-refractivity contribution in [3.8, 4) is 0 Å². The molecule has 0 aromatic heterocycles. The summed E-state index contributed by atoms with van der Waals surface area (Å²) >= 11 is 1.94. The van der Waals surface area contributed by atoms with Crippen molar-refractivity contribution in [2.45, 2.75) is 23.6 Å². The van der Waals surface area contributed by atoms with Gasteiger partial charge in [0.15, 0.2) is 0 Å². The van der Waals surface area contributed by atoms with Crippen molar-refractivity contribution in [2.75, 3.05) is 13.2 Å². The Balaban J connectivity index is 1.83. The lowest BCUT2D eigenvalue weighted by Crippen LogP contribution is -2.34. The van der Waals surface area contributed by atoms with Crippen LogP contribution in [0, 0.1) is 17.0 Å². The number of amides is 2. The highest BCUT2D eigenvalue weighted by molar-refractivity contribution is 8.18. The summed E-state index contributed by atoms with van der Waals surface area (Å²) in [5, 5.41) is 11.0. The van der Waals surface area contributed by atoms with Crippen molar-refractivity contribution in [3.05, 3.63) is 68.6 Å². The molecule has 0 N–H and O–H groups in total. The third kappa shape index (κ3) is 5.53. The number of imide groups is 1. The maximum absolute atomic E-state index is 12.5. The summed E-state index contributed by atoms with van der Waals surface area (Å²) < 4.78 is 4.77. The third-order valence-corrected chi connectivity index (χ3v) is 6.17. The molecule has 0 radical (unpaired) electrons. The molecule has 0 aliphatic carbocycles. The van der Waals surface area contributed by atoms with Gasteiger partial charge in [0.25, 0.3) is 16.8 Å². The first-order valence-corrected chi connectivity index (χ1v) is 10.9. The van der Waals surface area contributed by atoms with Crippen LogP contribution in [0.25, 0.3) is 6.08 Å². The van der Waals surface area contributed by atoms with Crippen LogP contribution in [0.3, 0.4) is 0 Å². The molecular formula is C21H18N2O6S2. The third-order valence-electron chi connectivity index (χ3n) is 4.19. The average Bonchev–Trinajstić information content (AvgIpc) is 2.98. The van der Waals surface area contributed by atoms with Crippen molar-refractivity contribution in [2.24, 2.45) is 0 Å². The number of carbonyl (C=O) groups is 3. The number of aryl methyl sites for hydroxylation is 1. The van der Waals surface area contributed by atoms with E-state index in [9.17, 15) is 24.5 Å². The molecule has 0 spiro atoms. The smallest absolute Gasteiger partial charge is 0.326 e. The molecule has 1 heterocycles. The van der Waals surface area contributed by atoms with Gasteiger partial charge in [0, 0.05) is 11.0 Å². The second kappa shape index (κ2) is 9.80. The largest absolute Gasteiger partial charge is 0.465 e. The molecule has 31 heavy (non-hydrogen) atoms. The molecule has 10 heteroatoms. The van der Waals surface area contributed by atoms with Gasteiger partial charge in [-0.15, -0.1) is 0 Å². The number of esters is 1.